The highest BCUT2D eigenvalue weighted by molar-refractivity contribution is 6.42. The third-order valence-corrected chi connectivity index (χ3v) is 4.91. The van der Waals surface area contributed by atoms with Crippen molar-refractivity contribution in [3.63, 3.8) is 0 Å². The third-order valence-electron chi connectivity index (χ3n) is 4.17. The minimum absolute atomic E-state index is 0.198. The van der Waals surface area contributed by atoms with E-state index in [1.807, 2.05) is 12.1 Å². The number of nitrogens with one attached hydrogen (secondary N) is 1. The lowest BCUT2D eigenvalue weighted by Crippen LogP contribution is -2.48. The van der Waals surface area contributed by atoms with Gasteiger partial charge in [-0.3, -0.25) is 4.79 Å². The first kappa shape index (κ1) is 19.2. The smallest absolute Gasteiger partial charge is 0.239 e. The van der Waals surface area contributed by atoms with Crippen molar-refractivity contribution in [1.29, 1.82) is 0 Å². The third kappa shape index (κ3) is 4.59. The van der Waals surface area contributed by atoms with Crippen LogP contribution in [0.2, 0.25) is 10.0 Å². The van der Waals surface area contributed by atoms with Crippen molar-refractivity contribution < 1.29 is 9.53 Å². The van der Waals surface area contributed by atoms with Crippen LogP contribution in [-0.2, 0) is 14.9 Å². The van der Waals surface area contributed by atoms with Gasteiger partial charge < -0.3 is 15.8 Å². The average Bonchev–Trinajstić information content (AvgIpc) is 2.52. The highest BCUT2D eigenvalue weighted by Crippen LogP contribution is 2.34. The van der Waals surface area contributed by atoms with Gasteiger partial charge in [0.25, 0.3) is 0 Å². The summed E-state index contributed by atoms with van der Waals surface area (Å²) in [5.41, 5.74) is 6.61. The maximum Gasteiger partial charge on any atom is 0.239 e. The van der Waals surface area contributed by atoms with E-state index in [2.05, 4.69) is 19.2 Å². The molecule has 0 fully saturated rings. The Bertz CT molecular complexity index is 505. The molecule has 1 aromatic carbocycles. The number of carbonyl (C=O) groups is 1. The molecule has 0 saturated carbocycles. The number of halogens is 2. The number of amides is 1. The van der Waals surface area contributed by atoms with Crippen LogP contribution in [0.4, 0.5) is 0 Å². The second-order valence-electron chi connectivity index (χ2n) is 5.40. The van der Waals surface area contributed by atoms with Gasteiger partial charge >= 0.3 is 0 Å². The predicted octanol–water partition coefficient (Wildman–Crippen LogP) is 3.14. The maximum atomic E-state index is 12.0. The molecule has 0 aliphatic rings. The van der Waals surface area contributed by atoms with Crippen LogP contribution in [0, 0.1) is 0 Å². The van der Waals surface area contributed by atoms with Crippen molar-refractivity contribution in [2.45, 2.75) is 38.1 Å². The van der Waals surface area contributed by atoms with Gasteiger partial charge in [0.2, 0.25) is 5.91 Å². The monoisotopic (exact) mass is 346 g/mol. The Morgan fingerprint density at radius 3 is 2.45 bits per heavy atom. The molecule has 1 rings (SSSR count). The summed E-state index contributed by atoms with van der Waals surface area (Å²) >= 11 is 12.1. The van der Waals surface area contributed by atoms with E-state index in [1.54, 1.807) is 6.07 Å². The molecule has 0 radical (unpaired) electrons. The maximum absolute atomic E-state index is 12.0. The fraction of sp³-hybridized carbons (Fsp3) is 0.562. The molecule has 0 spiro atoms. The van der Waals surface area contributed by atoms with Crippen molar-refractivity contribution >= 4 is 29.1 Å². The zero-order valence-corrected chi connectivity index (χ0v) is 14.8. The van der Waals surface area contributed by atoms with Crippen molar-refractivity contribution in [3.8, 4) is 0 Å². The molecule has 0 heterocycles. The first-order chi connectivity index (χ1) is 10.4. The number of methoxy groups -OCH3 is 1. The number of ether oxygens (including phenoxy) is 1. The van der Waals surface area contributed by atoms with Crippen molar-refractivity contribution in [2.75, 3.05) is 20.3 Å². The van der Waals surface area contributed by atoms with Crippen LogP contribution in [0.25, 0.3) is 0 Å². The molecule has 0 aliphatic heterocycles. The van der Waals surface area contributed by atoms with Crippen LogP contribution < -0.4 is 11.1 Å². The van der Waals surface area contributed by atoms with Crippen LogP contribution in [0.5, 0.6) is 0 Å². The molecule has 1 unspecified atom stereocenters. The Hall–Kier alpha value is -0.810. The summed E-state index contributed by atoms with van der Waals surface area (Å²) < 4.78 is 4.90. The van der Waals surface area contributed by atoms with Crippen molar-refractivity contribution in [1.82, 2.24) is 5.32 Å². The fourth-order valence-electron chi connectivity index (χ4n) is 2.48. The van der Waals surface area contributed by atoms with Gasteiger partial charge in [-0.05, 0) is 30.5 Å². The highest BCUT2D eigenvalue weighted by Gasteiger charge is 2.30. The first-order valence-corrected chi connectivity index (χ1v) is 8.13. The molecule has 1 amide bonds. The molecule has 3 N–H and O–H groups in total. The van der Waals surface area contributed by atoms with Crippen LogP contribution in [0.1, 0.15) is 32.3 Å². The van der Waals surface area contributed by atoms with Gasteiger partial charge in [-0.15, -0.1) is 0 Å². The molecule has 0 aliphatic carbocycles. The topological polar surface area (TPSA) is 64.4 Å². The van der Waals surface area contributed by atoms with E-state index in [4.69, 9.17) is 33.7 Å². The molecule has 0 saturated heterocycles. The van der Waals surface area contributed by atoms with E-state index in [1.165, 1.54) is 7.11 Å². The average molecular weight is 347 g/mol. The van der Waals surface area contributed by atoms with Gasteiger partial charge in [-0.2, -0.15) is 0 Å². The Labute approximate surface area is 142 Å². The molecule has 1 aromatic rings. The largest absolute Gasteiger partial charge is 0.383 e. The van der Waals surface area contributed by atoms with E-state index in [0.29, 0.717) is 16.6 Å². The van der Waals surface area contributed by atoms with E-state index in [-0.39, 0.29) is 17.9 Å². The number of nitrogens with two attached hydrogens (primary N) is 1. The molecule has 0 aromatic heterocycles. The van der Waals surface area contributed by atoms with Gasteiger partial charge in [0.05, 0.1) is 16.7 Å². The van der Waals surface area contributed by atoms with E-state index < -0.39 is 6.04 Å². The van der Waals surface area contributed by atoms with Gasteiger partial charge in [-0.25, -0.2) is 0 Å². The van der Waals surface area contributed by atoms with Gasteiger partial charge in [0, 0.05) is 19.1 Å². The summed E-state index contributed by atoms with van der Waals surface area (Å²) in [6.45, 7) is 4.87. The normalized spacial score (nSPS) is 13.0. The Kier molecular flexibility index (Phi) is 7.63. The van der Waals surface area contributed by atoms with Crippen LogP contribution in [0.15, 0.2) is 18.2 Å². The minimum Gasteiger partial charge on any atom is -0.383 e. The molecule has 124 valence electrons. The predicted molar refractivity (Wildman–Crippen MR) is 91.6 cm³/mol. The summed E-state index contributed by atoms with van der Waals surface area (Å²) in [5.74, 6) is -0.215. The van der Waals surface area contributed by atoms with Crippen molar-refractivity contribution in [2.24, 2.45) is 5.73 Å². The van der Waals surface area contributed by atoms with E-state index >= 15 is 0 Å². The lowest BCUT2D eigenvalue weighted by atomic mass is 9.75. The summed E-state index contributed by atoms with van der Waals surface area (Å²) in [6, 6.07) is 4.96. The Balaban J connectivity index is 2.91. The Morgan fingerprint density at radius 2 is 1.95 bits per heavy atom. The molecule has 0 bridgehead atoms. The van der Waals surface area contributed by atoms with Crippen LogP contribution in [-0.4, -0.2) is 32.2 Å². The Morgan fingerprint density at radius 1 is 1.32 bits per heavy atom. The first-order valence-electron chi connectivity index (χ1n) is 7.38. The molecule has 4 nitrogen and oxygen atoms in total. The van der Waals surface area contributed by atoms with E-state index in [9.17, 15) is 4.79 Å². The molecule has 1 atom stereocenters. The molecular formula is C16H24Cl2N2O2. The second-order valence-corrected chi connectivity index (χ2v) is 6.21. The molecule has 22 heavy (non-hydrogen) atoms. The lowest BCUT2D eigenvalue weighted by molar-refractivity contribution is -0.123. The molecular weight excluding hydrogens is 323 g/mol. The number of benzene rings is 1. The molecule has 6 heteroatoms. The second kappa shape index (κ2) is 8.73. The number of hydrogen-bond acceptors (Lipinski definition) is 3. The highest BCUT2D eigenvalue weighted by atomic mass is 35.5. The van der Waals surface area contributed by atoms with E-state index in [0.717, 1.165) is 18.4 Å². The summed E-state index contributed by atoms with van der Waals surface area (Å²) in [4.78, 5) is 12.0. The summed E-state index contributed by atoms with van der Waals surface area (Å²) in [6.07, 6.45) is 1.72. The quantitative estimate of drug-likeness (QED) is 0.759. The zero-order chi connectivity index (χ0) is 16.8. The number of carbonyl (C=O) groups excluding carboxylic acids is 1. The zero-order valence-electron chi connectivity index (χ0n) is 13.3. The number of rotatable bonds is 8. The SMILES string of the molecule is CCC(CC)(CNC(=O)C(N)COC)c1ccc(Cl)c(Cl)c1. The van der Waals surface area contributed by atoms with Gasteiger partial charge in [0.15, 0.2) is 0 Å². The van der Waals surface area contributed by atoms with Crippen molar-refractivity contribution in [3.05, 3.63) is 33.8 Å². The minimum atomic E-state index is -0.662. The number of hydrogen-bond donors (Lipinski definition) is 2. The summed E-state index contributed by atoms with van der Waals surface area (Å²) in [7, 11) is 1.52. The lowest BCUT2D eigenvalue weighted by Gasteiger charge is -2.33. The van der Waals surface area contributed by atoms with Crippen LogP contribution in [0.3, 0.4) is 0 Å². The summed E-state index contributed by atoms with van der Waals surface area (Å²) in [5, 5.41) is 3.97. The van der Waals surface area contributed by atoms with Gasteiger partial charge in [0.1, 0.15) is 6.04 Å². The fourth-order valence-corrected chi connectivity index (χ4v) is 2.78. The van der Waals surface area contributed by atoms with Crippen LogP contribution >= 0.6 is 23.2 Å². The van der Waals surface area contributed by atoms with Gasteiger partial charge in [-0.1, -0.05) is 43.1 Å². The standard InChI is InChI=1S/C16H24Cl2N2O2/c1-4-16(5-2,10-20-15(21)14(19)9-22-3)11-6-7-12(17)13(18)8-11/h6-8,14H,4-5,9-10,19H2,1-3H3,(H,20,21).